The van der Waals surface area contributed by atoms with Crippen molar-refractivity contribution in [1.82, 2.24) is 9.78 Å². The molecule has 0 N–H and O–H groups in total. The number of nitrogens with zero attached hydrogens (tertiary/aromatic N) is 2. The lowest BCUT2D eigenvalue weighted by Crippen LogP contribution is -2.56. The van der Waals surface area contributed by atoms with Gasteiger partial charge < -0.3 is 4.74 Å². The quantitative estimate of drug-likeness (QED) is 0.490. The number of methoxy groups -OCH3 is 1. The molecule has 0 aromatic carbocycles. The Morgan fingerprint density at radius 2 is 1.94 bits per heavy atom. The van der Waals surface area contributed by atoms with Crippen LogP contribution in [0.15, 0.2) is 12.3 Å². The van der Waals surface area contributed by atoms with Crippen molar-refractivity contribution in [2.24, 2.45) is 46.3 Å². The third-order valence-corrected chi connectivity index (χ3v) is 10.7. The van der Waals surface area contributed by atoms with Crippen LogP contribution in [0.3, 0.4) is 0 Å². The molecule has 0 aliphatic heterocycles. The summed E-state index contributed by atoms with van der Waals surface area (Å²) in [4.78, 5) is 13.4. The molecule has 2 unspecified atom stereocenters. The Morgan fingerprint density at radius 3 is 2.65 bits per heavy atom. The van der Waals surface area contributed by atoms with Gasteiger partial charge in [0, 0.05) is 19.2 Å². The molecule has 8 atom stereocenters. The summed E-state index contributed by atoms with van der Waals surface area (Å²) in [5.74, 6) is 3.35. The van der Waals surface area contributed by atoms with Crippen LogP contribution in [0.25, 0.3) is 0 Å². The standard InChI is InChI=1S/C27H39F3N2O2/c1-17-8-12-26(16-34-3)18(14-17)4-5-19-20-6-7-22(25(20,2)11-9-21(19)26)23(33)15-32-13-10-24(31-32)27(28,29)30/h10,13,17-22H,4-9,11-12,14-16H2,1-3H3/t17-,18+,19-,20?,21?,22+,25-,26+/m0/s1. The van der Waals surface area contributed by atoms with Crippen LogP contribution in [-0.2, 0) is 22.3 Å². The van der Waals surface area contributed by atoms with E-state index in [0.29, 0.717) is 17.8 Å². The lowest BCUT2D eigenvalue weighted by molar-refractivity contribution is -0.154. The lowest BCUT2D eigenvalue weighted by Gasteiger charge is -2.61. The summed E-state index contributed by atoms with van der Waals surface area (Å²) < 4.78 is 45.9. The molecule has 5 rings (SSSR count). The minimum absolute atomic E-state index is 0.0482. The number of halogens is 3. The zero-order valence-electron chi connectivity index (χ0n) is 20.7. The zero-order chi connectivity index (χ0) is 24.3. The van der Waals surface area contributed by atoms with Crippen LogP contribution < -0.4 is 0 Å². The number of carbonyl (C=O) groups excluding carboxylic acids is 1. The average molecular weight is 481 g/mol. The van der Waals surface area contributed by atoms with Crippen LogP contribution in [-0.4, -0.2) is 29.3 Å². The highest BCUT2D eigenvalue weighted by Gasteiger charge is 2.62. The molecular weight excluding hydrogens is 441 g/mol. The Morgan fingerprint density at radius 1 is 1.15 bits per heavy atom. The number of Topliss-reactive ketones (excluding diaryl/α,β-unsaturated/α-hetero) is 1. The van der Waals surface area contributed by atoms with E-state index in [2.05, 4.69) is 18.9 Å². The third kappa shape index (κ3) is 3.84. The number of hydrogen-bond donors (Lipinski definition) is 0. The molecule has 1 heterocycles. The number of aromatic nitrogens is 2. The summed E-state index contributed by atoms with van der Waals surface area (Å²) in [5, 5.41) is 3.62. The molecular formula is C27H39F3N2O2. The molecule has 190 valence electrons. The number of fused-ring (bicyclic) bond motifs is 5. The third-order valence-electron chi connectivity index (χ3n) is 10.7. The highest BCUT2D eigenvalue weighted by Crippen LogP contribution is 2.68. The summed E-state index contributed by atoms with van der Waals surface area (Å²) in [6.45, 7) is 5.49. The maximum absolute atomic E-state index is 13.4. The molecule has 34 heavy (non-hydrogen) atoms. The van der Waals surface area contributed by atoms with Crippen LogP contribution in [0.5, 0.6) is 0 Å². The number of rotatable bonds is 5. The van der Waals surface area contributed by atoms with Crippen LogP contribution in [0.1, 0.15) is 77.3 Å². The molecule has 4 aliphatic carbocycles. The Hall–Kier alpha value is -1.37. The molecule has 0 bridgehead atoms. The van der Waals surface area contributed by atoms with Gasteiger partial charge in [0.15, 0.2) is 11.5 Å². The van der Waals surface area contributed by atoms with E-state index in [4.69, 9.17) is 4.74 Å². The van der Waals surface area contributed by atoms with E-state index in [1.807, 2.05) is 7.11 Å². The van der Waals surface area contributed by atoms with Crippen LogP contribution in [0.4, 0.5) is 13.2 Å². The first kappa shape index (κ1) is 24.3. The van der Waals surface area contributed by atoms with Gasteiger partial charge in [0.25, 0.3) is 0 Å². The molecule has 0 spiro atoms. The van der Waals surface area contributed by atoms with Gasteiger partial charge in [-0.3, -0.25) is 9.48 Å². The molecule has 4 fully saturated rings. The second-order valence-electron chi connectivity index (χ2n) is 12.2. The maximum Gasteiger partial charge on any atom is 0.435 e. The molecule has 4 nitrogen and oxygen atoms in total. The van der Waals surface area contributed by atoms with Crippen molar-refractivity contribution < 1.29 is 22.7 Å². The second-order valence-corrected chi connectivity index (χ2v) is 12.2. The largest absolute Gasteiger partial charge is 0.435 e. The van der Waals surface area contributed by atoms with Crippen molar-refractivity contribution in [1.29, 1.82) is 0 Å². The van der Waals surface area contributed by atoms with Crippen LogP contribution in [0, 0.1) is 46.3 Å². The van der Waals surface area contributed by atoms with Gasteiger partial charge in [-0.25, -0.2) is 0 Å². The summed E-state index contributed by atoms with van der Waals surface area (Å²) in [5.41, 5.74) is -0.698. The number of hydrogen-bond acceptors (Lipinski definition) is 3. The average Bonchev–Trinajstić information content (AvgIpc) is 3.38. The van der Waals surface area contributed by atoms with Crippen molar-refractivity contribution in [2.75, 3.05) is 13.7 Å². The fourth-order valence-electron chi connectivity index (χ4n) is 9.21. The van der Waals surface area contributed by atoms with E-state index >= 15 is 0 Å². The first-order chi connectivity index (χ1) is 16.1. The summed E-state index contributed by atoms with van der Waals surface area (Å²) in [7, 11) is 1.85. The Balaban J connectivity index is 1.34. The summed E-state index contributed by atoms with van der Waals surface area (Å²) in [6.07, 6.45) is 7.30. The van der Waals surface area contributed by atoms with E-state index in [-0.39, 0.29) is 29.1 Å². The molecule has 0 radical (unpaired) electrons. The van der Waals surface area contributed by atoms with Gasteiger partial charge in [0.05, 0.1) is 13.2 Å². The fourth-order valence-corrected chi connectivity index (χ4v) is 9.21. The van der Waals surface area contributed by atoms with Crippen molar-refractivity contribution in [3.05, 3.63) is 18.0 Å². The van der Waals surface area contributed by atoms with E-state index in [0.717, 1.165) is 50.2 Å². The smallest absolute Gasteiger partial charge is 0.384 e. The van der Waals surface area contributed by atoms with Gasteiger partial charge in [-0.15, -0.1) is 0 Å². The summed E-state index contributed by atoms with van der Waals surface area (Å²) in [6, 6.07) is 0.955. The second kappa shape index (κ2) is 8.63. The Bertz CT molecular complexity index is 914. The van der Waals surface area contributed by atoms with Gasteiger partial charge in [0.1, 0.15) is 0 Å². The normalized spacial score (nSPS) is 42.1. The molecule has 7 heteroatoms. The molecule has 4 aliphatic rings. The van der Waals surface area contributed by atoms with E-state index in [9.17, 15) is 18.0 Å². The first-order valence-electron chi connectivity index (χ1n) is 13.2. The molecule has 4 saturated carbocycles. The predicted octanol–water partition coefficient (Wildman–Crippen LogP) is 6.39. The lowest BCUT2D eigenvalue weighted by atomic mass is 9.44. The highest BCUT2D eigenvalue weighted by atomic mass is 19.4. The van der Waals surface area contributed by atoms with Crippen LogP contribution in [0.2, 0.25) is 0 Å². The molecule has 0 amide bonds. The Labute approximate surface area is 201 Å². The number of carbonyl (C=O) groups is 1. The van der Waals surface area contributed by atoms with Crippen molar-refractivity contribution >= 4 is 5.78 Å². The van der Waals surface area contributed by atoms with E-state index in [1.54, 1.807) is 0 Å². The van der Waals surface area contributed by atoms with Crippen molar-refractivity contribution in [3.8, 4) is 0 Å². The number of ether oxygens (including phenoxy) is 1. The van der Waals surface area contributed by atoms with Gasteiger partial charge in [0.2, 0.25) is 0 Å². The number of alkyl halides is 3. The van der Waals surface area contributed by atoms with E-state index < -0.39 is 11.9 Å². The van der Waals surface area contributed by atoms with Gasteiger partial charge >= 0.3 is 6.18 Å². The SMILES string of the molecule is COC[C@]12CC[C@H](C)C[C@H]1CC[C@@H]1C2CC[C@@]2(C)C1CC[C@@H]2C(=O)Cn1ccc(C(F)(F)F)n1. The minimum Gasteiger partial charge on any atom is -0.384 e. The maximum atomic E-state index is 13.4. The van der Waals surface area contributed by atoms with Gasteiger partial charge in [-0.2, -0.15) is 18.3 Å². The van der Waals surface area contributed by atoms with Crippen molar-refractivity contribution in [2.45, 2.75) is 84.4 Å². The Kier molecular flexibility index (Phi) is 6.18. The molecule has 0 saturated heterocycles. The summed E-state index contributed by atoms with van der Waals surface area (Å²) >= 11 is 0. The van der Waals surface area contributed by atoms with Crippen molar-refractivity contribution in [3.63, 3.8) is 0 Å². The van der Waals surface area contributed by atoms with E-state index in [1.165, 1.54) is 43.0 Å². The topological polar surface area (TPSA) is 44.1 Å². The first-order valence-corrected chi connectivity index (χ1v) is 13.2. The fraction of sp³-hybridized carbons (Fsp3) is 0.852. The monoisotopic (exact) mass is 480 g/mol. The number of ketones is 1. The predicted molar refractivity (Wildman–Crippen MR) is 123 cm³/mol. The van der Waals surface area contributed by atoms with Crippen LogP contribution >= 0.6 is 0 Å². The molecule has 1 aromatic rings. The van der Waals surface area contributed by atoms with Gasteiger partial charge in [-0.1, -0.05) is 20.3 Å². The zero-order valence-corrected chi connectivity index (χ0v) is 20.7. The van der Waals surface area contributed by atoms with Gasteiger partial charge in [-0.05, 0) is 97.9 Å². The molecule has 1 aromatic heterocycles. The minimum atomic E-state index is -4.48. The highest BCUT2D eigenvalue weighted by molar-refractivity contribution is 5.82.